The number of aromatic amines is 1. The quantitative estimate of drug-likeness (QED) is 0.351. The topological polar surface area (TPSA) is 198 Å². The van der Waals surface area contributed by atoms with E-state index in [4.69, 9.17) is 24.1 Å². The van der Waals surface area contributed by atoms with Crippen LogP contribution < -0.4 is 11.2 Å². The number of rotatable bonds is 6. The smallest absolute Gasteiger partial charge is 0.388 e. The van der Waals surface area contributed by atoms with Gasteiger partial charge in [-0.15, -0.1) is 0 Å². The Balaban J connectivity index is 2.33. The van der Waals surface area contributed by atoms with Crippen molar-refractivity contribution < 1.29 is 49.6 Å². The summed E-state index contributed by atoms with van der Waals surface area (Å²) in [6.07, 6.45) is -4.48. The van der Waals surface area contributed by atoms with E-state index in [9.17, 15) is 33.1 Å². The minimum atomic E-state index is -5.84. The number of H-pyrrole nitrogens is 1. The summed E-state index contributed by atoms with van der Waals surface area (Å²) in [6.45, 7) is -3.90. The summed E-state index contributed by atoms with van der Waals surface area (Å²) in [6, 6.07) is 0. The number of phosphoric ester groups is 1. The van der Waals surface area contributed by atoms with E-state index in [0.29, 0.717) is 10.8 Å². The van der Waals surface area contributed by atoms with Crippen LogP contribution in [0.3, 0.4) is 0 Å². The summed E-state index contributed by atoms with van der Waals surface area (Å²) >= 11 is 5.53. The standard InChI is InChI=1S/C9H12ClFN2O11P2/c10-4-2-13(8(16)12-6(4)15)7-5(14)1-9(11,23-7)3-22-26(20,21)24-25(17,18)19/h2,5,7,14H,1,3H2,(H,20,21)(H,12,15,16)(H2,17,18,19)/t5-,7-,9+/m1/s1/i3D2. The Morgan fingerprint density at radius 3 is 2.69 bits per heavy atom. The molecule has 1 saturated heterocycles. The Bertz CT molecular complexity index is 982. The zero-order chi connectivity index (χ0) is 21.7. The van der Waals surface area contributed by atoms with Crippen LogP contribution in [0.15, 0.2) is 15.8 Å². The fourth-order valence-corrected chi connectivity index (χ4v) is 3.54. The molecule has 0 saturated carbocycles. The first-order chi connectivity index (χ1) is 12.5. The van der Waals surface area contributed by atoms with Gasteiger partial charge >= 0.3 is 21.3 Å². The average Bonchev–Trinajstić information content (AvgIpc) is 2.75. The van der Waals surface area contributed by atoms with Crippen LogP contribution in [0.2, 0.25) is 5.02 Å². The van der Waals surface area contributed by atoms with Gasteiger partial charge in [0.2, 0.25) is 5.85 Å². The molecule has 0 aromatic carbocycles. The van der Waals surface area contributed by atoms with Crippen molar-refractivity contribution in [2.75, 3.05) is 6.56 Å². The number of hydrogen-bond acceptors (Lipinski definition) is 8. The molecule has 148 valence electrons. The molecule has 17 heteroatoms. The Hall–Kier alpha value is -0.920. The first-order valence-electron chi connectivity index (χ1n) is 7.33. The van der Waals surface area contributed by atoms with Crippen LogP contribution in [0.25, 0.3) is 0 Å². The first kappa shape index (κ1) is 18.4. The molecule has 0 amide bonds. The maximum Gasteiger partial charge on any atom is 0.481 e. The van der Waals surface area contributed by atoms with Crippen molar-refractivity contribution in [3.63, 3.8) is 0 Å². The summed E-state index contributed by atoms with van der Waals surface area (Å²) in [5, 5.41) is 9.39. The number of alkyl halides is 1. The van der Waals surface area contributed by atoms with Gasteiger partial charge in [0.1, 0.15) is 17.7 Å². The lowest BCUT2D eigenvalue weighted by atomic mass is 10.2. The van der Waals surface area contributed by atoms with Crippen LogP contribution in [0, 0.1) is 0 Å². The van der Waals surface area contributed by atoms with Gasteiger partial charge in [0.25, 0.3) is 5.56 Å². The van der Waals surface area contributed by atoms with E-state index < -0.39 is 63.1 Å². The average molecular weight is 443 g/mol. The lowest BCUT2D eigenvalue weighted by Crippen LogP contribution is -2.36. The third-order valence-electron chi connectivity index (χ3n) is 2.83. The molecule has 1 unspecified atom stereocenters. The second-order valence-corrected chi connectivity index (χ2v) is 8.05. The number of aliphatic hydroxyl groups is 1. The third kappa shape index (κ3) is 5.30. The Labute approximate surface area is 150 Å². The monoisotopic (exact) mass is 442 g/mol. The molecule has 2 heterocycles. The number of aliphatic hydroxyl groups excluding tert-OH is 1. The highest BCUT2D eigenvalue weighted by atomic mass is 35.5. The van der Waals surface area contributed by atoms with Crippen molar-refractivity contribution in [3.05, 3.63) is 32.1 Å². The molecule has 1 fully saturated rings. The van der Waals surface area contributed by atoms with E-state index in [-0.39, 0.29) is 0 Å². The number of aromatic nitrogens is 2. The summed E-state index contributed by atoms with van der Waals surface area (Å²) in [5.41, 5.74) is -2.21. The molecule has 0 bridgehead atoms. The molecule has 1 aromatic rings. The van der Waals surface area contributed by atoms with Gasteiger partial charge in [-0.25, -0.2) is 18.3 Å². The SMILES string of the molecule is [2H]C([2H])(OP(=O)(O)OP(=O)(O)O)[C@]1(F)C[C@@H](O)[C@H](n2cc(Cl)c(=O)[nH]c2=O)O1. The van der Waals surface area contributed by atoms with Crippen LogP contribution >= 0.6 is 27.2 Å². The Morgan fingerprint density at radius 2 is 2.12 bits per heavy atom. The molecule has 4 atom stereocenters. The zero-order valence-corrected chi connectivity index (χ0v) is 14.7. The lowest BCUT2D eigenvalue weighted by molar-refractivity contribution is -0.178. The highest BCUT2D eigenvalue weighted by molar-refractivity contribution is 7.60. The molecule has 0 spiro atoms. The van der Waals surface area contributed by atoms with E-state index in [1.807, 2.05) is 0 Å². The Morgan fingerprint density at radius 1 is 1.50 bits per heavy atom. The molecule has 13 nitrogen and oxygen atoms in total. The van der Waals surface area contributed by atoms with Crippen molar-refractivity contribution in [1.29, 1.82) is 0 Å². The molecular weight excluding hydrogens is 429 g/mol. The number of phosphoric acid groups is 2. The second kappa shape index (κ2) is 7.24. The number of halogens is 2. The van der Waals surface area contributed by atoms with Crippen molar-refractivity contribution >= 4 is 27.2 Å². The van der Waals surface area contributed by atoms with E-state index in [2.05, 4.69) is 13.6 Å². The van der Waals surface area contributed by atoms with Gasteiger partial charge in [0.15, 0.2) is 6.23 Å². The van der Waals surface area contributed by atoms with Gasteiger partial charge in [-0.1, -0.05) is 11.6 Å². The number of hydrogen-bond donors (Lipinski definition) is 5. The highest BCUT2D eigenvalue weighted by Gasteiger charge is 2.50. The van der Waals surface area contributed by atoms with Crippen molar-refractivity contribution in [2.45, 2.75) is 24.6 Å². The van der Waals surface area contributed by atoms with Crippen molar-refractivity contribution in [1.82, 2.24) is 9.55 Å². The highest BCUT2D eigenvalue weighted by Crippen LogP contribution is 2.58. The minimum Gasteiger partial charge on any atom is -0.388 e. The van der Waals surface area contributed by atoms with Crippen LogP contribution in [0.4, 0.5) is 4.39 Å². The van der Waals surface area contributed by atoms with E-state index in [1.54, 1.807) is 4.98 Å². The maximum absolute atomic E-state index is 15.0. The Kier molecular flexibility index (Phi) is 5.14. The molecule has 1 aliphatic rings. The fraction of sp³-hybridized carbons (Fsp3) is 0.556. The molecule has 5 N–H and O–H groups in total. The van der Waals surface area contributed by atoms with Crippen LogP contribution in [0.5, 0.6) is 0 Å². The molecule has 1 aromatic heterocycles. The van der Waals surface area contributed by atoms with E-state index in [0.717, 1.165) is 0 Å². The van der Waals surface area contributed by atoms with Crippen LogP contribution in [0.1, 0.15) is 15.4 Å². The normalized spacial score (nSPS) is 30.5. The zero-order valence-electron chi connectivity index (χ0n) is 14.2. The number of nitrogens with one attached hydrogen (secondary N) is 1. The lowest BCUT2D eigenvalue weighted by Gasteiger charge is -2.22. The fourth-order valence-electron chi connectivity index (χ4n) is 1.92. The first-order valence-corrected chi connectivity index (χ1v) is 9.73. The van der Waals surface area contributed by atoms with Gasteiger partial charge in [-0.05, 0) is 0 Å². The summed E-state index contributed by atoms with van der Waals surface area (Å²) < 4.78 is 64.3. The third-order valence-corrected chi connectivity index (χ3v) is 5.10. The van der Waals surface area contributed by atoms with Gasteiger partial charge in [0.05, 0.1) is 2.74 Å². The molecule has 1 aliphatic heterocycles. The molecule has 26 heavy (non-hydrogen) atoms. The number of ether oxygens (including phenoxy) is 1. The summed E-state index contributed by atoms with van der Waals surface area (Å²) in [4.78, 5) is 51.0. The minimum absolute atomic E-state index is 0.427. The maximum atomic E-state index is 15.0. The van der Waals surface area contributed by atoms with Gasteiger partial charge in [-0.3, -0.25) is 18.9 Å². The van der Waals surface area contributed by atoms with E-state index >= 15 is 0 Å². The van der Waals surface area contributed by atoms with Gasteiger partial charge in [0, 0.05) is 12.6 Å². The predicted molar refractivity (Wildman–Crippen MR) is 79.8 cm³/mol. The molecule has 0 aliphatic carbocycles. The molecule has 0 radical (unpaired) electrons. The molecular formula is C9H12ClFN2O11P2. The van der Waals surface area contributed by atoms with Gasteiger partial charge < -0.3 is 24.5 Å². The molecule has 2 rings (SSSR count). The van der Waals surface area contributed by atoms with Crippen molar-refractivity contribution in [2.24, 2.45) is 0 Å². The van der Waals surface area contributed by atoms with Crippen LogP contribution in [-0.4, -0.2) is 47.9 Å². The largest absolute Gasteiger partial charge is 0.481 e. The van der Waals surface area contributed by atoms with E-state index in [1.165, 1.54) is 0 Å². The second-order valence-electron chi connectivity index (χ2n) is 4.89. The number of nitrogens with zero attached hydrogens (tertiary/aromatic N) is 1. The predicted octanol–water partition coefficient (Wildman–Crippen LogP) is -0.638. The van der Waals surface area contributed by atoms with Crippen LogP contribution in [-0.2, 0) is 22.7 Å². The summed E-state index contributed by atoms with van der Waals surface area (Å²) in [7, 11) is -11.5. The van der Waals surface area contributed by atoms with Crippen molar-refractivity contribution in [3.8, 4) is 0 Å². The van der Waals surface area contributed by atoms with Gasteiger partial charge in [-0.2, -0.15) is 4.31 Å². The summed E-state index contributed by atoms with van der Waals surface area (Å²) in [5.74, 6) is -3.70.